The lowest BCUT2D eigenvalue weighted by Crippen LogP contribution is -2.55. The Bertz CT molecular complexity index is 1040. The molecule has 0 aromatic heterocycles. The minimum absolute atomic E-state index is 0.0516. The average molecular weight is 482 g/mol. The zero-order valence-electron chi connectivity index (χ0n) is 20.0. The van der Waals surface area contributed by atoms with Crippen LogP contribution in [0.15, 0.2) is 48.5 Å². The van der Waals surface area contributed by atoms with Gasteiger partial charge in [-0.2, -0.15) is 0 Å². The van der Waals surface area contributed by atoms with E-state index in [9.17, 15) is 18.8 Å². The number of carbonyl (C=O) groups is 3. The van der Waals surface area contributed by atoms with Gasteiger partial charge in [-0.3, -0.25) is 14.4 Å². The van der Waals surface area contributed by atoms with Crippen LogP contribution in [0.1, 0.15) is 52.8 Å². The van der Waals surface area contributed by atoms with Crippen LogP contribution in [0.25, 0.3) is 0 Å². The Labute approximate surface area is 205 Å². The second-order valence-electron chi connectivity index (χ2n) is 9.21. The Morgan fingerprint density at radius 2 is 1.60 bits per heavy atom. The Balaban J connectivity index is 1.47. The molecule has 2 aliphatic rings. The fourth-order valence-electron chi connectivity index (χ4n) is 4.89. The van der Waals surface area contributed by atoms with Crippen molar-refractivity contribution in [3.05, 3.63) is 65.5 Å². The Hall–Kier alpha value is -3.42. The highest BCUT2D eigenvalue weighted by atomic mass is 19.1. The molecule has 4 rings (SSSR count). The van der Waals surface area contributed by atoms with Gasteiger partial charge in [0.05, 0.1) is 7.11 Å². The third-order valence-electron chi connectivity index (χ3n) is 6.94. The van der Waals surface area contributed by atoms with Crippen LogP contribution in [-0.2, 0) is 4.79 Å². The molecular weight excluding hydrogens is 449 g/mol. The molecule has 2 saturated heterocycles. The van der Waals surface area contributed by atoms with Gasteiger partial charge in [0, 0.05) is 37.3 Å². The van der Waals surface area contributed by atoms with Crippen LogP contribution in [0, 0.1) is 11.7 Å². The van der Waals surface area contributed by atoms with Crippen LogP contribution in [-0.4, -0.2) is 66.9 Å². The molecule has 2 aromatic rings. The monoisotopic (exact) mass is 481 g/mol. The minimum Gasteiger partial charge on any atom is -0.497 e. The van der Waals surface area contributed by atoms with Crippen molar-refractivity contribution in [2.24, 2.45) is 5.92 Å². The Kier molecular flexibility index (Phi) is 8.00. The van der Waals surface area contributed by atoms with Crippen molar-refractivity contribution < 1.29 is 23.5 Å². The molecule has 0 aliphatic carbocycles. The third-order valence-corrected chi connectivity index (χ3v) is 6.94. The van der Waals surface area contributed by atoms with Crippen molar-refractivity contribution in [3.8, 4) is 5.75 Å². The lowest BCUT2D eigenvalue weighted by atomic mass is 9.87. The molecule has 7 nitrogen and oxygen atoms in total. The molecule has 0 spiro atoms. The first-order valence-electron chi connectivity index (χ1n) is 12.2. The summed E-state index contributed by atoms with van der Waals surface area (Å²) in [6, 6.07) is 11.7. The average Bonchev–Trinajstić information content (AvgIpc) is 2.92. The number of nitrogens with zero attached hydrogens (tertiary/aromatic N) is 2. The molecule has 0 radical (unpaired) electrons. The number of piperidine rings is 2. The maximum atomic E-state index is 13.5. The van der Waals surface area contributed by atoms with Gasteiger partial charge in [-0.1, -0.05) is 6.07 Å². The highest BCUT2D eigenvalue weighted by molar-refractivity contribution is 5.98. The molecule has 186 valence electrons. The van der Waals surface area contributed by atoms with E-state index in [1.807, 2.05) is 4.90 Å². The van der Waals surface area contributed by atoms with E-state index in [0.29, 0.717) is 55.9 Å². The van der Waals surface area contributed by atoms with Gasteiger partial charge >= 0.3 is 0 Å². The number of ether oxygens (including phenoxy) is 1. The lowest BCUT2D eigenvalue weighted by Gasteiger charge is -2.38. The third kappa shape index (κ3) is 5.99. The van der Waals surface area contributed by atoms with Crippen LogP contribution in [0.5, 0.6) is 5.75 Å². The van der Waals surface area contributed by atoms with Gasteiger partial charge in [0.2, 0.25) is 5.91 Å². The minimum atomic E-state index is -0.658. The number of hydrogen-bond acceptors (Lipinski definition) is 4. The van der Waals surface area contributed by atoms with Crippen molar-refractivity contribution in [2.45, 2.75) is 38.1 Å². The van der Waals surface area contributed by atoms with E-state index >= 15 is 0 Å². The fourth-order valence-corrected chi connectivity index (χ4v) is 4.89. The van der Waals surface area contributed by atoms with Gasteiger partial charge < -0.3 is 19.9 Å². The normalized spacial score (nSPS) is 17.5. The predicted octanol–water partition coefficient (Wildman–Crippen LogP) is 3.50. The topological polar surface area (TPSA) is 79.0 Å². The van der Waals surface area contributed by atoms with Gasteiger partial charge in [0.1, 0.15) is 17.6 Å². The molecule has 0 unspecified atom stereocenters. The molecule has 3 amide bonds. The molecule has 8 heteroatoms. The number of benzene rings is 2. The number of halogens is 1. The summed E-state index contributed by atoms with van der Waals surface area (Å²) in [5, 5.41) is 3.00. The summed E-state index contributed by atoms with van der Waals surface area (Å²) in [6.07, 6.45) is 4.22. The predicted molar refractivity (Wildman–Crippen MR) is 130 cm³/mol. The highest BCUT2D eigenvalue weighted by Crippen LogP contribution is 2.25. The van der Waals surface area contributed by atoms with Gasteiger partial charge in [-0.05, 0) is 80.5 Å². The first kappa shape index (κ1) is 24.7. The van der Waals surface area contributed by atoms with Crippen molar-refractivity contribution in [2.75, 3.05) is 33.3 Å². The van der Waals surface area contributed by atoms with Crippen LogP contribution in [0.2, 0.25) is 0 Å². The van der Waals surface area contributed by atoms with E-state index in [0.717, 1.165) is 19.3 Å². The van der Waals surface area contributed by atoms with Gasteiger partial charge in [0.25, 0.3) is 11.8 Å². The summed E-state index contributed by atoms with van der Waals surface area (Å²) in [4.78, 5) is 43.1. The maximum Gasteiger partial charge on any atom is 0.253 e. The molecule has 2 fully saturated rings. The Morgan fingerprint density at radius 1 is 0.914 bits per heavy atom. The molecule has 2 heterocycles. The molecular formula is C27H32FN3O4. The lowest BCUT2D eigenvalue weighted by molar-refractivity contribution is -0.136. The Morgan fingerprint density at radius 3 is 2.26 bits per heavy atom. The second kappa shape index (κ2) is 11.3. The van der Waals surface area contributed by atoms with Gasteiger partial charge in [0.15, 0.2) is 0 Å². The molecule has 1 N–H and O–H groups in total. The number of methoxy groups -OCH3 is 1. The van der Waals surface area contributed by atoms with Gasteiger partial charge in [-0.15, -0.1) is 0 Å². The first-order chi connectivity index (χ1) is 17.0. The molecule has 0 saturated carbocycles. The van der Waals surface area contributed by atoms with Crippen molar-refractivity contribution >= 4 is 17.7 Å². The number of amides is 3. The van der Waals surface area contributed by atoms with E-state index in [-0.39, 0.29) is 29.5 Å². The highest BCUT2D eigenvalue weighted by Gasteiger charge is 2.36. The standard InChI is InChI=1S/C27H32FN3O4/c1-35-23-7-5-6-21(18-23)25(32)29-24(27(34)30-14-3-2-4-15-30)19-12-16-31(17-13-19)26(33)20-8-10-22(28)11-9-20/h5-11,18-19,24H,2-4,12-17H2,1H3,(H,29,32)/t24-/m0/s1. The SMILES string of the molecule is COc1cccc(C(=O)N[C@H](C(=O)N2CCCCC2)C2CCN(C(=O)c3ccc(F)cc3)CC2)c1. The van der Waals surface area contributed by atoms with E-state index in [2.05, 4.69) is 5.32 Å². The molecule has 1 atom stereocenters. The van der Waals surface area contributed by atoms with Gasteiger partial charge in [-0.25, -0.2) is 4.39 Å². The first-order valence-corrected chi connectivity index (χ1v) is 12.2. The molecule has 0 bridgehead atoms. The molecule has 2 aliphatic heterocycles. The summed E-state index contributed by atoms with van der Waals surface area (Å²) < 4.78 is 18.5. The quantitative estimate of drug-likeness (QED) is 0.685. The number of likely N-dealkylation sites (tertiary alicyclic amines) is 2. The largest absolute Gasteiger partial charge is 0.497 e. The number of hydrogen-bond donors (Lipinski definition) is 1. The van der Waals surface area contributed by atoms with E-state index in [4.69, 9.17) is 4.74 Å². The second-order valence-corrected chi connectivity index (χ2v) is 9.21. The van der Waals surface area contributed by atoms with E-state index in [1.165, 1.54) is 24.3 Å². The molecule has 35 heavy (non-hydrogen) atoms. The number of nitrogens with one attached hydrogen (secondary N) is 1. The molecule has 2 aromatic carbocycles. The zero-order valence-corrected chi connectivity index (χ0v) is 20.0. The van der Waals surface area contributed by atoms with E-state index in [1.54, 1.807) is 36.3 Å². The van der Waals surface area contributed by atoms with Crippen LogP contribution >= 0.6 is 0 Å². The van der Waals surface area contributed by atoms with Crippen molar-refractivity contribution in [1.82, 2.24) is 15.1 Å². The van der Waals surface area contributed by atoms with Crippen molar-refractivity contribution in [3.63, 3.8) is 0 Å². The summed E-state index contributed by atoms with van der Waals surface area (Å²) in [5.74, 6) is -0.414. The van der Waals surface area contributed by atoms with E-state index < -0.39 is 6.04 Å². The van der Waals surface area contributed by atoms with Crippen LogP contribution in [0.3, 0.4) is 0 Å². The number of carbonyl (C=O) groups excluding carboxylic acids is 3. The van der Waals surface area contributed by atoms with Crippen molar-refractivity contribution in [1.29, 1.82) is 0 Å². The maximum absolute atomic E-state index is 13.5. The summed E-state index contributed by atoms with van der Waals surface area (Å²) >= 11 is 0. The summed E-state index contributed by atoms with van der Waals surface area (Å²) in [7, 11) is 1.54. The fraction of sp³-hybridized carbons (Fsp3) is 0.444. The van der Waals surface area contributed by atoms with Crippen LogP contribution < -0.4 is 10.1 Å². The smallest absolute Gasteiger partial charge is 0.253 e. The summed E-state index contributed by atoms with van der Waals surface area (Å²) in [5.41, 5.74) is 0.877. The summed E-state index contributed by atoms with van der Waals surface area (Å²) in [6.45, 7) is 2.35. The zero-order chi connectivity index (χ0) is 24.8. The van der Waals surface area contributed by atoms with Crippen LogP contribution in [0.4, 0.5) is 4.39 Å². The number of rotatable bonds is 6.